The highest BCUT2D eigenvalue weighted by molar-refractivity contribution is 5.94. The fraction of sp³-hybridized carbons (Fsp3) is 0.640. The quantitative estimate of drug-likeness (QED) is 0.714. The van der Waals surface area contributed by atoms with Gasteiger partial charge in [-0.2, -0.15) is 4.98 Å². The van der Waals surface area contributed by atoms with Gasteiger partial charge in [-0.3, -0.25) is 9.69 Å². The fourth-order valence-corrected chi connectivity index (χ4v) is 4.94. The van der Waals surface area contributed by atoms with Crippen LogP contribution < -0.4 is 0 Å². The summed E-state index contributed by atoms with van der Waals surface area (Å²) in [5.74, 6) is 2.25. The molecule has 4 rings (SSSR count). The Morgan fingerprint density at radius 3 is 2.45 bits per heavy atom. The van der Waals surface area contributed by atoms with E-state index in [9.17, 15) is 4.79 Å². The minimum absolute atomic E-state index is 0.119. The zero-order chi connectivity index (χ0) is 21.8. The summed E-state index contributed by atoms with van der Waals surface area (Å²) in [6.07, 6.45) is 6.93. The second-order valence-electron chi connectivity index (χ2n) is 10.2. The van der Waals surface area contributed by atoms with E-state index in [-0.39, 0.29) is 11.3 Å². The maximum absolute atomic E-state index is 13.3. The molecule has 1 aromatic carbocycles. The monoisotopic (exact) mass is 424 g/mol. The molecule has 1 amide bonds. The van der Waals surface area contributed by atoms with E-state index in [0.29, 0.717) is 17.9 Å². The molecule has 2 aromatic rings. The third-order valence-corrected chi connectivity index (χ3v) is 6.73. The van der Waals surface area contributed by atoms with E-state index in [2.05, 4.69) is 40.7 Å². The van der Waals surface area contributed by atoms with Gasteiger partial charge in [-0.15, -0.1) is 0 Å². The number of amides is 1. The lowest BCUT2D eigenvalue weighted by Gasteiger charge is -2.40. The van der Waals surface area contributed by atoms with E-state index in [1.165, 1.54) is 12.8 Å². The second-order valence-corrected chi connectivity index (χ2v) is 10.2. The van der Waals surface area contributed by atoms with Crippen LogP contribution in [0.2, 0.25) is 0 Å². The van der Waals surface area contributed by atoms with Crippen molar-refractivity contribution in [1.82, 2.24) is 19.9 Å². The van der Waals surface area contributed by atoms with E-state index in [1.54, 1.807) is 0 Å². The van der Waals surface area contributed by atoms with Crippen molar-refractivity contribution in [3.63, 3.8) is 0 Å². The Labute approximate surface area is 186 Å². The van der Waals surface area contributed by atoms with E-state index in [4.69, 9.17) is 4.52 Å². The first kappa shape index (κ1) is 22.0. The first-order chi connectivity index (χ1) is 14.9. The van der Waals surface area contributed by atoms with Crippen LogP contribution in [0, 0.1) is 5.92 Å². The molecule has 1 aromatic heterocycles. The van der Waals surface area contributed by atoms with Gasteiger partial charge < -0.3 is 9.42 Å². The second kappa shape index (κ2) is 9.51. The lowest BCUT2D eigenvalue weighted by Crippen LogP contribution is -2.47. The molecule has 2 fully saturated rings. The van der Waals surface area contributed by atoms with Crippen LogP contribution in [0.25, 0.3) is 0 Å². The van der Waals surface area contributed by atoms with Crippen molar-refractivity contribution in [1.29, 1.82) is 0 Å². The molecule has 0 spiro atoms. The Balaban J connectivity index is 1.38. The molecule has 3 heterocycles. The van der Waals surface area contributed by atoms with Gasteiger partial charge in [0.05, 0.1) is 6.54 Å². The number of piperidine rings is 1. The SMILES string of the molecule is CC(C)(C)c1nc(CN2CCC(C3CCCCCN3C(=O)c3ccccc3)CC2)no1. The number of rotatable bonds is 4. The number of hydrogen-bond acceptors (Lipinski definition) is 5. The van der Waals surface area contributed by atoms with Crippen molar-refractivity contribution in [3.05, 3.63) is 47.6 Å². The largest absolute Gasteiger partial charge is 0.339 e. The average Bonchev–Trinajstić information content (AvgIpc) is 3.11. The highest BCUT2D eigenvalue weighted by Gasteiger charge is 2.34. The third-order valence-electron chi connectivity index (χ3n) is 6.73. The average molecular weight is 425 g/mol. The van der Waals surface area contributed by atoms with Crippen molar-refractivity contribution in [3.8, 4) is 0 Å². The third kappa shape index (κ3) is 5.35. The Morgan fingerprint density at radius 1 is 1.03 bits per heavy atom. The minimum Gasteiger partial charge on any atom is -0.339 e. The summed E-state index contributed by atoms with van der Waals surface area (Å²) >= 11 is 0. The van der Waals surface area contributed by atoms with E-state index < -0.39 is 0 Å². The summed E-state index contributed by atoms with van der Waals surface area (Å²) in [5.41, 5.74) is 0.700. The summed E-state index contributed by atoms with van der Waals surface area (Å²) in [6, 6.07) is 10.1. The highest BCUT2D eigenvalue weighted by atomic mass is 16.5. The molecule has 1 atom stereocenters. The number of carbonyl (C=O) groups is 1. The van der Waals surface area contributed by atoms with Crippen LogP contribution in [0.5, 0.6) is 0 Å². The molecule has 6 heteroatoms. The van der Waals surface area contributed by atoms with E-state index >= 15 is 0 Å². The topological polar surface area (TPSA) is 62.5 Å². The van der Waals surface area contributed by atoms with Crippen LogP contribution in [0.15, 0.2) is 34.9 Å². The molecule has 2 aliphatic rings. The number of carbonyl (C=O) groups excluding carboxylic acids is 1. The van der Waals surface area contributed by atoms with Crippen molar-refractivity contribution < 1.29 is 9.32 Å². The molecule has 31 heavy (non-hydrogen) atoms. The normalized spacial score (nSPS) is 21.8. The summed E-state index contributed by atoms with van der Waals surface area (Å²) in [7, 11) is 0. The maximum Gasteiger partial charge on any atom is 0.254 e. The smallest absolute Gasteiger partial charge is 0.254 e. The van der Waals surface area contributed by atoms with Gasteiger partial charge in [-0.25, -0.2) is 0 Å². The van der Waals surface area contributed by atoms with Crippen LogP contribution in [-0.4, -0.2) is 51.5 Å². The molecule has 1 unspecified atom stereocenters. The molecular formula is C25H36N4O2. The molecule has 0 saturated carbocycles. The first-order valence-corrected chi connectivity index (χ1v) is 11.8. The Morgan fingerprint density at radius 2 is 1.77 bits per heavy atom. The van der Waals surface area contributed by atoms with Crippen LogP contribution >= 0.6 is 0 Å². The molecule has 0 N–H and O–H groups in total. The van der Waals surface area contributed by atoms with Crippen LogP contribution in [0.4, 0.5) is 0 Å². The number of nitrogens with zero attached hydrogens (tertiary/aromatic N) is 4. The molecule has 168 valence electrons. The Hall–Kier alpha value is -2.21. The highest BCUT2D eigenvalue weighted by Crippen LogP contribution is 2.31. The number of hydrogen-bond donors (Lipinski definition) is 0. The van der Waals surface area contributed by atoms with Crippen molar-refractivity contribution in [2.45, 2.75) is 77.3 Å². The molecule has 6 nitrogen and oxygen atoms in total. The molecular weight excluding hydrogens is 388 g/mol. The lowest BCUT2D eigenvalue weighted by molar-refractivity contribution is 0.0512. The van der Waals surface area contributed by atoms with Gasteiger partial charge in [0.1, 0.15) is 0 Å². The van der Waals surface area contributed by atoms with Crippen LogP contribution in [0.1, 0.15) is 81.4 Å². The van der Waals surface area contributed by atoms with Gasteiger partial charge in [-0.1, -0.05) is 57.0 Å². The predicted octanol–water partition coefficient (Wildman–Crippen LogP) is 4.66. The van der Waals surface area contributed by atoms with Gasteiger partial charge in [0.25, 0.3) is 5.91 Å². The van der Waals surface area contributed by atoms with Gasteiger partial charge in [0.15, 0.2) is 5.82 Å². The Kier molecular flexibility index (Phi) is 6.75. The van der Waals surface area contributed by atoms with Gasteiger partial charge in [0.2, 0.25) is 5.89 Å². The van der Waals surface area contributed by atoms with Gasteiger partial charge in [0, 0.05) is 23.6 Å². The standard InChI is InChI=1S/C25H36N4O2/c1-25(2,3)24-26-22(27-31-24)18-28-16-13-19(14-17-28)21-12-8-5-9-15-29(21)23(30)20-10-6-4-7-11-20/h4,6-7,10-11,19,21H,5,8-9,12-18H2,1-3H3. The summed E-state index contributed by atoms with van der Waals surface area (Å²) in [4.78, 5) is 22.5. The van der Waals surface area contributed by atoms with Crippen molar-refractivity contribution in [2.24, 2.45) is 5.92 Å². The van der Waals surface area contributed by atoms with Gasteiger partial charge >= 0.3 is 0 Å². The zero-order valence-corrected chi connectivity index (χ0v) is 19.2. The predicted molar refractivity (Wildman–Crippen MR) is 121 cm³/mol. The molecule has 0 aliphatic carbocycles. The zero-order valence-electron chi connectivity index (χ0n) is 19.2. The molecule has 2 saturated heterocycles. The molecule has 2 aliphatic heterocycles. The number of likely N-dealkylation sites (tertiary alicyclic amines) is 2. The van der Waals surface area contributed by atoms with E-state index in [1.807, 2.05) is 30.3 Å². The summed E-state index contributed by atoms with van der Waals surface area (Å²) in [6.45, 7) is 9.93. The fourth-order valence-electron chi connectivity index (χ4n) is 4.94. The van der Waals surface area contributed by atoms with Crippen molar-refractivity contribution >= 4 is 5.91 Å². The van der Waals surface area contributed by atoms with Gasteiger partial charge in [-0.05, 0) is 56.8 Å². The lowest BCUT2D eigenvalue weighted by atomic mass is 9.86. The molecule has 0 bridgehead atoms. The first-order valence-electron chi connectivity index (χ1n) is 11.8. The van der Waals surface area contributed by atoms with Crippen LogP contribution in [-0.2, 0) is 12.0 Å². The summed E-state index contributed by atoms with van der Waals surface area (Å²) in [5, 5.41) is 4.19. The van der Waals surface area contributed by atoms with Crippen LogP contribution in [0.3, 0.4) is 0 Å². The number of aromatic nitrogens is 2. The maximum atomic E-state index is 13.3. The van der Waals surface area contributed by atoms with E-state index in [0.717, 1.165) is 63.3 Å². The molecule has 0 radical (unpaired) electrons. The number of benzene rings is 1. The summed E-state index contributed by atoms with van der Waals surface area (Å²) < 4.78 is 5.45. The van der Waals surface area contributed by atoms with Crippen molar-refractivity contribution in [2.75, 3.05) is 19.6 Å². The minimum atomic E-state index is -0.119. The Bertz CT molecular complexity index is 850.